The number of fused-ring (bicyclic) bond motifs is 1. The molecule has 2 aromatic heterocycles. The van der Waals surface area contributed by atoms with E-state index in [1.54, 1.807) is 6.92 Å². The molecule has 8 heteroatoms. The summed E-state index contributed by atoms with van der Waals surface area (Å²) < 4.78 is 2.09. The Bertz CT molecular complexity index is 995. The van der Waals surface area contributed by atoms with Crippen molar-refractivity contribution in [2.45, 2.75) is 37.9 Å². The average molecular weight is 385 g/mol. The van der Waals surface area contributed by atoms with Gasteiger partial charge < -0.3 is 14.9 Å². The van der Waals surface area contributed by atoms with Crippen molar-refractivity contribution >= 4 is 28.7 Å². The van der Waals surface area contributed by atoms with E-state index in [1.165, 1.54) is 11.8 Å². The van der Waals surface area contributed by atoms with Gasteiger partial charge in [0.25, 0.3) is 5.56 Å². The molecule has 2 heterocycles. The molecule has 2 N–H and O–H groups in total. The molecular weight excluding hydrogens is 362 g/mol. The van der Waals surface area contributed by atoms with Gasteiger partial charge in [0.1, 0.15) is 0 Å². The van der Waals surface area contributed by atoms with Gasteiger partial charge in [0.15, 0.2) is 5.16 Å². The van der Waals surface area contributed by atoms with Crippen LogP contribution >= 0.6 is 11.8 Å². The third-order valence-electron chi connectivity index (χ3n) is 4.42. The molecule has 3 aromatic rings. The second-order valence-electron chi connectivity index (χ2n) is 6.27. The molecule has 0 saturated heterocycles. The van der Waals surface area contributed by atoms with Gasteiger partial charge in [-0.25, -0.2) is 9.97 Å². The Morgan fingerprint density at radius 3 is 2.93 bits per heavy atom. The molecule has 27 heavy (non-hydrogen) atoms. The van der Waals surface area contributed by atoms with E-state index in [0.29, 0.717) is 29.4 Å². The Morgan fingerprint density at radius 1 is 1.33 bits per heavy atom. The van der Waals surface area contributed by atoms with E-state index in [9.17, 15) is 9.59 Å². The molecule has 142 valence electrons. The fourth-order valence-electron chi connectivity index (χ4n) is 2.97. The van der Waals surface area contributed by atoms with Crippen molar-refractivity contribution in [3.63, 3.8) is 0 Å². The van der Waals surface area contributed by atoms with Crippen LogP contribution in [0.15, 0.2) is 40.5 Å². The van der Waals surface area contributed by atoms with Gasteiger partial charge in [-0.3, -0.25) is 9.59 Å². The zero-order chi connectivity index (χ0) is 19.2. The van der Waals surface area contributed by atoms with Crippen LogP contribution in [0.1, 0.15) is 24.1 Å². The summed E-state index contributed by atoms with van der Waals surface area (Å²) in [7, 11) is 0. The highest BCUT2D eigenvalue weighted by atomic mass is 32.2. The lowest BCUT2D eigenvalue weighted by Crippen LogP contribution is -2.27. The lowest BCUT2D eigenvalue weighted by Gasteiger charge is -2.08. The van der Waals surface area contributed by atoms with Crippen LogP contribution in [0, 0.1) is 6.92 Å². The van der Waals surface area contributed by atoms with Crippen LogP contribution in [0.5, 0.6) is 0 Å². The number of aryl methyl sites for hydroxylation is 2. The number of thioether (sulfide) groups is 1. The van der Waals surface area contributed by atoms with Gasteiger partial charge in [-0.2, -0.15) is 0 Å². The van der Waals surface area contributed by atoms with Crippen LogP contribution in [0.4, 0.5) is 0 Å². The zero-order valence-electron chi connectivity index (χ0n) is 15.5. The van der Waals surface area contributed by atoms with Crippen LogP contribution in [-0.4, -0.2) is 38.2 Å². The van der Waals surface area contributed by atoms with E-state index in [0.717, 1.165) is 24.0 Å². The van der Waals surface area contributed by atoms with Crippen molar-refractivity contribution in [1.29, 1.82) is 0 Å². The van der Waals surface area contributed by atoms with Crippen molar-refractivity contribution in [2.75, 3.05) is 12.8 Å². The number of hydrogen-bond acceptors (Lipinski definition) is 5. The molecule has 3 rings (SSSR count). The van der Waals surface area contributed by atoms with Crippen LogP contribution in [0.3, 0.4) is 0 Å². The number of benzene rings is 1. The van der Waals surface area contributed by atoms with Gasteiger partial charge in [0.2, 0.25) is 5.91 Å². The molecule has 1 aromatic carbocycles. The molecule has 0 fully saturated rings. The molecule has 0 atom stereocenters. The van der Waals surface area contributed by atoms with Crippen LogP contribution in [-0.2, 0) is 17.8 Å². The summed E-state index contributed by atoms with van der Waals surface area (Å²) in [5.74, 6) is -0.0572. The highest BCUT2D eigenvalue weighted by molar-refractivity contribution is 7.98. The molecule has 0 bridgehead atoms. The summed E-state index contributed by atoms with van der Waals surface area (Å²) in [6.45, 7) is 3.18. The molecule has 0 unspecified atom stereocenters. The number of aromatic amines is 1. The summed E-state index contributed by atoms with van der Waals surface area (Å²) in [6, 6.07) is 7.98. The minimum atomic E-state index is -0.161. The third-order valence-corrected chi connectivity index (χ3v) is 5.00. The summed E-state index contributed by atoms with van der Waals surface area (Å²) in [4.78, 5) is 35.6. The molecule has 0 spiro atoms. The molecule has 7 nitrogen and oxygen atoms in total. The fraction of sp³-hybridized carbons (Fsp3) is 0.368. The van der Waals surface area contributed by atoms with Crippen LogP contribution in [0.2, 0.25) is 0 Å². The number of amides is 1. The van der Waals surface area contributed by atoms with Gasteiger partial charge in [-0.05, 0) is 38.2 Å². The van der Waals surface area contributed by atoms with Gasteiger partial charge >= 0.3 is 0 Å². The molecule has 0 aliphatic carbocycles. The van der Waals surface area contributed by atoms with E-state index in [2.05, 4.69) is 24.8 Å². The first-order valence-corrected chi connectivity index (χ1v) is 10.1. The topological polar surface area (TPSA) is 92.7 Å². The normalized spacial score (nSPS) is 11.0. The molecule has 0 saturated carbocycles. The van der Waals surface area contributed by atoms with Crippen LogP contribution in [0.25, 0.3) is 11.0 Å². The first-order valence-electron chi connectivity index (χ1n) is 8.89. The molecule has 0 aliphatic rings. The average Bonchev–Trinajstić information content (AvgIpc) is 3.07. The number of carbonyl (C=O) groups excluding carboxylic acids is 1. The highest BCUT2D eigenvalue weighted by Gasteiger charge is 2.10. The second-order valence-corrected chi connectivity index (χ2v) is 7.06. The summed E-state index contributed by atoms with van der Waals surface area (Å²) >= 11 is 1.39. The number of carbonyl (C=O) groups is 1. The number of H-pyrrole nitrogens is 1. The Balaban J connectivity index is 1.44. The van der Waals surface area contributed by atoms with Crippen molar-refractivity contribution in [1.82, 2.24) is 24.8 Å². The first kappa shape index (κ1) is 19.2. The summed E-state index contributed by atoms with van der Waals surface area (Å²) in [5, 5.41) is 3.51. The number of aromatic nitrogens is 4. The summed E-state index contributed by atoms with van der Waals surface area (Å²) in [5.41, 5.74) is 3.17. The smallest absolute Gasteiger partial charge is 0.254 e. The molecule has 1 amide bonds. The number of rotatable bonds is 8. The SMILES string of the molecule is CSc1nc(C)c(CCC(=O)NCCCn2cnc3ccccc32)c(=O)[nH]1. The largest absolute Gasteiger partial charge is 0.356 e. The highest BCUT2D eigenvalue weighted by Crippen LogP contribution is 2.12. The van der Waals surface area contributed by atoms with Gasteiger partial charge in [-0.1, -0.05) is 23.9 Å². The Kier molecular flexibility index (Phi) is 6.28. The maximum absolute atomic E-state index is 12.1. The predicted octanol–water partition coefficient (Wildman–Crippen LogP) is 2.29. The lowest BCUT2D eigenvalue weighted by molar-refractivity contribution is -0.121. The van der Waals surface area contributed by atoms with E-state index in [-0.39, 0.29) is 17.9 Å². The number of nitrogens with one attached hydrogen (secondary N) is 2. The maximum atomic E-state index is 12.1. The number of para-hydroxylation sites is 2. The Morgan fingerprint density at radius 2 is 2.15 bits per heavy atom. The van der Waals surface area contributed by atoms with E-state index < -0.39 is 0 Å². The summed E-state index contributed by atoms with van der Waals surface area (Å²) in [6.07, 6.45) is 5.17. The van der Waals surface area contributed by atoms with E-state index in [4.69, 9.17) is 0 Å². The van der Waals surface area contributed by atoms with Crippen LogP contribution < -0.4 is 10.9 Å². The number of hydrogen-bond donors (Lipinski definition) is 2. The van der Waals surface area contributed by atoms with Crippen molar-refractivity contribution in [2.24, 2.45) is 0 Å². The Labute approximate surface area is 161 Å². The number of imidazole rings is 1. The number of nitrogens with zero attached hydrogens (tertiary/aromatic N) is 3. The van der Waals surface area contributed by atoms with Crippen molar-refractivity contribution < 1.29 is 4.79 Å². The van der Waals surface area contributed by atoms with Gasteiger partial charge in [0, 0.05) is 30.8 Å². The standard InChI is InChI=1S/C19H23N5O2S/c1-13-14(18(26)23-19(22-13)27-2)8-9-17(25)20-10-5-11-24-12-21-15-6-3-4-7-16(15)24/h3-4,6-7,12H,5,8-11H2,1-2H3,(H,20,25)(H,22,23,26). The van der Waals surface area contributed by atoms with Crippen molar-refractivity contribution in [3.8, 4) is 0 Å². The first-order chi connectivity index (χ1) is 13.1. The lowest BCUT2D eigenvalue weighted by atomic mass is 10.1. The maximum Gasteiger partial charge on any atom is 0.254 e. The second kappa shape index (κ2) is 8.85. The zero-order valence-corrected chi connectivity index (χ0v) is 16.3. The minimum absolute atomic E-state index is 0.0572. The van der Waals surface area contributed by atoms with Gasteiger partial charge in [0.05, 0.1) is 17.4 Å². The van der Waals surface area contributed by atoms with Gasteiger partial charge in [-0.15, -0.1) is 0 Å². The quantitative estimate of drug-likeness (QED) is 0.353. The van der Waals surface area contributed by atoms with Crippen molar-refractivity contribution in [3.05, 3.63) is 52.2 Å². The predicted molar refractivity (Wildman–Crippen MR) is 107 cm³/mol. The third kappa shape index (κ3) is 4.77. The molecule has 0 aliphatic heterocycles. The molecule has 0 radical (unpaired) electrons. The molecular formula is C19H23N5O2S. The monoisotopic (exact) mass is 385 g/mol. The van der Waals surface area contributed by atoms with E-state index >= 15 is 0 Å². The fourth-order valence-corrected chi connectivity index (χ4v) is 3.39. The minimum Gasteiger partial charge on any atom is -0.356 e. The van der Waals surface area contributed by atoms with E-state index in [1.807, 2.05) is 36.8 Å². The Hall–Kier alpha value is -2.61.